The van der Waals surface area contributed by atoms with Gasteiger partial charge in [0.25, 0.3) is 0 Å². The van der Waals surface area contributed by atoms with E-state index in [1.54, 1.807) is 0 Å². The van der Waals surface area contributed by atoms with Crippen molar-refractivity contribution in [2.45, 2.75) is 26.1 Å². The summed E-state index contributed by atoms with van der Waals surface area (Å²) in [6, 6.07) is 32.2. The van der Waals surface area contributed by atoms with Crippen molar-refractivity contribution in [2.24, 2.45) is 0 Å². The van der Waals surface area contributed by atoms with Crippen molar-refractivity contribution in [3.8, 4) is 0 Å². The van der Waals surface area contributed by atoms with Crippen LogP contribution >= 0.6 is 0 Å². The van der Waals surface area contributed by atoms with Crippen molar-refractivity contribution < 1.29 is 0 Å². The van der Waals surface area contributed by atoms with Gasteiger partial charge in [0.05, 0.1) is 0 Å². The summed E-state index contributed by atoms with van der Waals surface area (Å²) < 4.78 is 0. The fourth-order valence-corrected chi connectivity index (χ4v) is 2.92. The van der Waals surface area contributed by atoms with Crippen molar-refractivity contribution in [1.29, 1.82) is 0 Å². The second kappa shape index (κ2) is 9.00. The molecule has 0 bridgehead atoms. The molecular formula is C24H25N. The van der Waals surface area contributed by atoms with E-state index < -0.39 is 0 Å². The van der Waals surface area contributed by atoms with Crippen molar-refractivity contribution in [1.82, 2.24) is 4.90 Å². The lowest BCUT2D eigenvalue weighted by Gasteiger charge is -2.27. The van der Waals surface area contributed by atoms with Crippen LogP contribution in [0.4, 0.5) is 0 Å². The van der Waals surface area contributed by atoms with E-state index in [0.717, 1.165) is 13.1 Å². The molecule has 0 amide bonds. The summed E-state index contributed by atoms with van der Waals surface area (Å²) in [5.74, 6) is 0. The molecule has 1 unspecified atom stereocenters. The molecule has 0 spiro atoms. The Morgan fingerprint density at radius 1 is 0.680 bits per heavy atom. The van der Waals surface area contributed by atoms with Crippen molar-refractivity contribution >= 4 is 6.08 Å². The lowest BCUT2D eigenvalue weighted by molar-refractivity contribution is 0.223. The second-order valence-electron chi connectivity index (χ2n) is 6.39. The Labute approximate surface area is 151 Å². The van der Waals surface area contributed by atoms with E-state index in [1.807, 2.05) is 0 Å². The van der Waals surface area contributed by atoms with Gasteiger partial charge in [-0.05, 0) is 23.6 Å². The molecule has 0 aliphatic heterocycles. The average Bonchev–Trinajstić information content (AvgIpc) is 2.68. The van der Waals surface area contributed by atoms with E-state index in [-0.39, 0.29) is 0 Å². The Bertz CT molecular complexity index is 721. The van der Waals surface area contributed by atoms with Crippen molar-refractivity contribution in [3.05, 3.63) is 114 Å². The van der Waals surface area contributed by atoms with E-state index in [0.29, 0.717) is 6.04 Å². The summed E-state index contributed by atoms with van der Waals surface area (Å²) in [6.45, 7) is 4.15. The first-order valence-electron chi connectivity index (χ1n) is 8.86. The van der Waals surface area contributed by atoms with Crippen LogP contribution in [0.1, 0.15) is 23.6 Å². The lowest BCUT2D eigenvalue weighted by atomic mass is 10.1. The van der Waals surface area contributed by atoms with E-state index in [2.05, 4.69) is 115 Å². The van der Waals surface area contributed by atoms with E-state index >= 15 is 0 Å². The van der Waals surface area contributed by atoms with Crippen LogP contribution in [0.25, 0.3) is 6.08 Å². The third-order valence-electron chi connectivity index (χ3n) is 4.40. The van der Waals surface area contributed by atoms with Gasteiger partial charge in [-0.15, -0.1) is 0 Å². The van der Waals surface area contributed by atoms with Gasteiger partial charge in [0.15, 0.2) is 0 Å². The predicted octanol–water partition coefficient (Wildman–Crippen LogP) is 5.79. The minimum Gasteiger partial charge on any atom is -0.289 e. The zero-order chi connectivity index (χ0) is 17.3. The van der Waals surface area contributed by atoms with E-state index in [4.69, 9.17) is 0 Å². The van der Waals surface area contributed by atoms with Crippen molar-refractivity contribution in [2.75, 3.05) is 0 Å². The molecule has 1 heteroatoms. The fraction of sp³-hybridized carbons (Fsp3) is 0.167. The normalized spacial score (nSPS) is 12.6. The number of rotatable bonds is 7. The molecule has 0 aliphatic rings. The smallest absolute Gasteiger partial charge is 0.0260 e. The highest BCUT2D eigenvalue weighted by molar-refractivity contribution is 5.49. The SMILES string of the molecule is CC(C=Cc1ccccc1)N(Cc1ccccc1)Cc1ccccc1. The molecular weight excluding hydrogens is 302 g/mol. The molecule has 0 aromatic heterocycles. The molecule has 0 heterocycles. The molecule has 3 aromatic rings. The maximum atomic E-state index is 2.50. The van der Waals surface area contributed by atoms with Gasteiger partial charge in [-0.25, -0.2) is 0 Å². The van der Waals surface area contributed by atoms with Crippen LogP contribution in [0.3, 0.4) is 0 Å². The summed E-state index contributed by atoms with van der Waals surface area (Å²) in [4.78, 5) is 2.50. The minimum atomic E-state index is 0.348. The molecule has 1 atom stereocenters. The summed E-state index contributed by atoms with van der Waals surface area (Å²) in [7, 11) is 0. The molecule has 3 rings (SSSR count). The predicted molar refractivity (Wildman–Crippen MR) is 107 cm³/mol. The van der Waals surface area contributed by atoms with Crippen LogP contribution in [0.2, 0.25) is 0 Å². The molecule has 0 saturated heterocycles. The van der Waals surface area contributed by atoms with Crippen LogP contribution in [0.15, 0.2) is 97.1 Å². The van der Waals surface area contributed by atoms with Gasteiger partial charge in [0, 0.05) is 19.1 Å². The zero-order valence-corrected chi connectivity index (χ0v) is 14.8. The summed E-state index contributed by atoms with van der Waals surface area (Å²) in [5, 5.41) is 0. The Kier molecular flexibility index (Phi) is 6.19. The minimum absolute atomic E-state index is 0.348. The largest absolute Gasteiger partial charge is 0.289 e. The van der Waals surface area contributed by atoms with Gasteiger partial charge in [0.1, 0.15) is 0 Å². The average molecular weight is 327 g/mol. The van der Waals surface area contributed by atoms with Crippen molar-refractivity contribution in [3.63, 3.8) is 0 Å². The molecule has 0 fully saturated rings. The first-order valence-corrected chi connectivity index (χ1v) is 8.86. The highest BCUT2D eigenvalue weighted by Gasteiger charge is 2.12. The Hall–Kier alpha value is -2.64. The van der Waals surface area contributed by atoms with Gasteiger partial charge in [-0.3, -0.25) is 4.90 Å². The van der Waals surface area contributed by atoms with Crippen LogP contribution < -0.4 is 0 Å². The van der Waals surface area contributed by atoms with E-state index in [1.165, 1.54) is 16.7 Å². The molecule has 0 aliphatic carbocycles. The fourth-order valence-electron chi connectivity index (χ4n) is 2.92. The molecule has 126 valence electrons. The van der Waals surface area contributed by atoms with Crippen LogP contribution in [-0.2, 0) is 13.1 Å². The molecule has 0 N–H and O–H groups in total. The van der Waals surface area contributed by atoms with E-state index in [9.17, 15) is 0 Å². The lowest BCUT2D eigenvalue weighted by Crippen LogP contribution is -2.30. The van der Waals surface area contributed by atoms with Gasteiger partial charge >= 0.3 is 0 Å². The molecule has 1 nitrogen and oxygen atoms in total. The van der Waals surface area contributed by atoms with Gasteiger partial charge in [0.2, 0.25) is 0 Å². The van der Waals surface area contributed by atoms with Gasteiger partial charge < -0.3 is 0 Å². The summed E-state index contributed by atoms with van der Waals surface area (Å²) in [6.07, 6.45) is 4.51. The molecule has 3 aromatic carbocycles. The monoisotopic (exact) mass is 327 g/mol. The first kappa shape index (κ1) is 17.2. The Balaban J connectivity index is 1.75. The second-order valence-corrected chi connectivity index (χ2v) is 6.39. The van der Waals surface area contributed by atoms with Crippen LogP contribution in [0, 0.1) is 0 Å². The van der Waals surface area contributed by atoms with Crippen LogP contribution in [-0.4, -0.2) is 10.9 Å². The maximum absolute atomic E-state index is 2.50. The third-order valence-corrected chi connectivity index (χ3v) is 4.40. The molecule has 25 heavy (non-hydrogen) atoms. The highest BCUT2D eigenvalue weighted by atomic mass is 15.1. The Morgan fingerprint density at radius 2 is 1.12 bits per heavy atom. The summed E-state index contributed by atoms with van der Waals surface area (Å²) >= 11 is 0. The third kappa shape index (κ3) is 5.44. The molecule has 0 saturated carbocycles. The summed E-state index contributed by atoms with van der Waals surface area (Å²) in [5.41, 5.74) is 3.94. The number of nitrogens with zero attached hydrogens (tertiary/aromatic N) is 1. The van der Waals surface area contributed by atoms with Gasteiger partial charge in [-0.1, -0.05) is 103 Å². The topological polar surface area (TPSA) is 3.24 Å². The maximum Gasteiger partial charge on any atom is 0.0260 e. The first-order chi connectivity index (χ1) is 12.3. The molecule has 0 radical (unpaired) electrons. The number of benzene rings is 3. The van der Waals surface area contributed by atoms with Crippen LogP contribution in [0.5, 0.6) is 0 Å². The van der Waals surface area contributed by atoms with Gasteiger partial charge in [-0.2, -0.15) is 0 Å². The number of hydrogen-bond donors (Lipinski definition) is 0. The number of hydrogen-bond acceptors (Lipinski definition) is 1. The standard InChI is InChI=1S/C24H25N/c1-21(17-18-22-11-5-2-6-12-22)25(19-23-13-7-3-8-14-23)20-24-15-9-4-10-16-24/h2-18,21H,19-20H2,1H3. The Morgan fingerprint density at radius 3 is 1.60 bits per heavy atom. The highest BCUT2D eigenvalue weighted by Crippen LogP contribution is 2.15. The quantitative estimate of drug-likeness (QED) is 0.531. The zero-order valence-electron chi connectivity index (χ0n) is 14.8.